The predicted molar refractivity (Wildman–Crippen MR) is 79.0 cm³/mol. The average Bonchev–Trinajstić information content (AvgIpc) is 2.34. The van der Waals surface area contributed by atoms with Crippen molar-refractivity contribution in [3.63, 3.8) is 0 Å². The molecule has 1 aromatic carbocycles. The largest absolute Gasteiger partial charge is 0.312 e. The summed E-state index contributed by atoms with van der Waals surface area (Å²) in [5.74, 6) is 0.524. The van der Waals surface area contributed by atoms with E-state index in [1.165, 1.54) is 23.1 Å². The van der Waals surface area contributed by atoms with Gasteiger partial charge in [-0.3, -0.25) is 0 Å². The van der Waals surface area contributed by atoms with Crippen molar-refractivity contribution < 1.29 is 0 Å². The zero-order valence-corrected chi connectivity index (χ0v) is 12.5. The third kappa shape index (κ3) is 2.40. The Kier molecular flexibility index (Phi) is 3.96. The Bertz CT molecular complexity index is 492. The van der Waals surface area contributed by atoms with Crippen LogP contribution in [-0.4, -0.2) is 7.05 Å². The van der Waals surface area contributed by atoms with Crippen LogP contribution in [0.1, 0.15) is 61.8 Å². The summed E-state index contributed by atoms with van der Waals surface area (Å²) in [5, 5.41) is 13.0. The second-order valence-electron chi connectivity index (χ2n) is 6.11. The van der Waals surface area contributed by atoms with Crippen molar-refractivity contribution in [2.45, 2.75) is 52.0 Å². The smallest absolute Gasteiger partial charge is 0.0768 e. The maximum absolute atomic E-state index is 9.58. The molecule has 0 heterocycles. The molecule has 0 aliphatic heterocycles. The van der Waals surface area contributed by atoms with Crippen LogP contribution in [0.15, 0.2) is 18.2 Å². The highest BCUT2D eigenvalue weighted by atomic mass is 14.9. The highest BCUT2D eigenvalue weighted by Crippen LogP contribution is 2.50. The van der Waals surface area contributed by atoms with E-state index in [0.29, 0.717) is 5.92 Å². The molecule has 1 atom stereocenters. The van der Waals surface area contributed by atoms with Gasteiger partial charge in [0.2, 0.25) is 0 Å². The summed E-state index contributed by atoms with van der Waals surface area (Å²) in [6.45, 7) is 6.58. The van der Waals surface area contributed by atoms with Crippen LogP contribution in [-0.2, 0) is 0 Å². The van der Waals surface area contributed by atoms with Gasteiger partial charge in [0.1, 0.15) is 0 Å². The number of hydrogen-bond acceptors (Lipinski definition) is 2. The molecule has 1 saturated carbocycles. The first-order chi connectivity index (χ1) is 9.04. The van der Waals surface area contributed by atoms with E-state index >= 15 is 0 Å². The average molecular weight is 256 g/mol. The van der Waals surface area contributed by atoms with E-state index in [4.69, 9.17) is 0 Å². The van der Waals surface area contributed by atoms with Gasteiger partial charge in [0.15, 0.2) is 0 Å². The summed E-state index contributed by atoms with van der Waals surface area (Å²) < 4.78 is 0. The highest BCUT2D eigenvalue weighted by Gasteiger charge is 2.45. The summed E-state index contributed by atoms with van der Waals surface area (Å²) in [6.07, 6.45) is 3.20. The lowest BCUT2D eigenvalue weighted by molar-refractivity contribution is 0.148. The van der Waals surface area contributed by atoms with E-state index in [2.05, 4.69) is 50.4 Å². The van der Waals surface area contributed by atoms with Crippen molar-refractivity contribution in [2.24, 2.45) is 5.41 Å². The molecular formula is C17H24N2. The molecule has 1 aliphatic carbocycles. The first-order valence-corrected chi connectivity index (χ1v) is 7.23. The summed E-state index contributed by atoms with van der Waals surface area (Å²) in [4.78, 5) is 0. The summed E-state index contributed by atoms with van der Waals surface area (Å²) in [6, 6.07) is 9.42. The van der Waals surface area contributed by atoms with Gasteiger partial charge in [0.05, 0.1) is 17.5 Å². The molecule has 102 valence electrons. The zero-order chi connectivity index (χ0) is 14.0. The lowest BCUT2D eigenvalue weighted by Gasteiger charge is -2.42. The Balaban J connectivity index is 2.43. The summed E-state index contributed by atoms with van der Waals surface area (Å²) >= 11 is 0. The van der Waals surface area contributed by atoms with Crippen LogP contribution in [0.25, 0.3) is 0 Å². The van der Waals surface area contributed by atoms with Gasteiger partial charge in [0.25, 0.3) is 0 Å². The van der Waals surface area contributed by atoms with Crippen molar-refractivity contribution in [3.8, 4) is 6.07 Å². The van der Waals surface area contributed by atoms with Crippen molar-refractivity contribution in [2.75, 3.05) is 7.05 Å². The van der Waals surface area contributed by atoms with Gasteiger partial charge in [0, 0.05) is 0 Å². The molecule has 0 saturated heterocycles. The van der Waals surface area contributed by atoms with E-state index < -0.39 is 0 Å². The number of aryl methyl sites for hydroxylation is 1. The topological polar surface area (TPSA) is 35.8 Å². The zero-order valence-electron chi connectivity index (χ0n) is 12.5. The molecule has 1 fully saturated rings. The van der Waals surface area contributed by atoms with E-state index in [9.17, 15) is 5.26 Å². The predicted octanol–water partition coefficient (Wildman–Crippen LogP) is 4.07. The number of hydrogen-bond donors (Lipinski definition) is 1. The van der Waals surface area contributed by atoms with Crippen LogP contribution in [0.2, 0.25) is 0 Å². The molecule has 0 aromatic heterocycles. The molecule has 0 radical (unpaired) electrons. The first-order valence-electron chi connectivity index (χ1n) is 7.23. The first kappa shape index (κ1) is 14.1. The number of nitriles is 1. The second kappa shape index (κ2) is 5.35. The summed E-state index contributed by atoms with van der Waals surface area (Å²) in [5.41, 5.74) is 3.74. The minimum atomic E-state index is -0.199. The fourth-order valence-electron chi connectivity index (χ4n) is 3.08. The lowest BCUT2D eigenvalue weighted by atomic mass is 9.63. The van der Waals surface area contributed by atoms with E-state index in [1.807, 2.05) is 7.05 Å². The second-order valence-corrected chi connectivity index (χ2v) is 6.11. The molecular weight excluding hydrogens is 232 g/mol. The molecule has 0 bridgehead atoms. The van der Waals surface area contributed by atoms with E-state index in [1.54, 1.807) is 0 Å². The Labute approximate surface area is 116 Å². The molecule has 19 heavy (non-hydrogen) atoms. The van der Waals surface area contributed by atoms with Crippen molar-refractivity contribution in [1.82, 2.24) is 5.32 Å². The fraction of sp³-hybridized carbons (Fsp3) is 0.588. The molecule has 1 aromatic rings. The lowest BCUT2D eigenvalue weighted by Crippen LogP contribution is -2.41. The number of rotatable bonds is 4. The van der Waals surface area contributed by atoms with Gasteiger partial charge < -0.3 is 5.32 Å². The maximum Gasteiger partial charge on any atom is 0.0768 e. The van der Waals surface area contributed by atoms with Crippen LogP contribution in [0.5, 0.6) is 0 Å². The highest BCUT2D eigenvalue weighted by molar-refractivity contribution is 5.37. The SMILES string of the molecule is CNC(c1cc(C(C)C)ccc1C)C1(C#N)CCC1. The van der Waals surface area contributed by atoms with Gasteiger partial charge in [-0.05, 0) is 49.4 Å². The van der Waals surface area contributed by atoms with E-state index in [0.717, 1.165) is 12.8 Å². The number of nitrogens with one attached hydrogen (secondary N) is 1. The quantitative estimate of drug-likeness (QED) is 0.881. The molecule has 1 unspecified atom stereocenters. The number of benzene rings is 1. The van der Waals surface area contributed by atoms with Gasteiger partial charge in [-0.15, -0.1) is 0 Å². The third-order valence-corrected chi connectivity index (χ3v) is 4.59. The summed E-state index contributed by atoms with van der Waals surface area (Å²) in [7, 11) is 1.98. The van der Waals surface area contributed by atoms with Crippen LogP contribution in [0.4, 0.5) is 0 Å². The van der Waals surface area contributed by atoms with Gasteiger partial charge in [-0.2, -0.15) is 5.26 Å². The van der Waals surface area contributed by atoms with Crippen LogP contribution in [0, 0.1) is 23.7 Å². The Morgan fingerprint density at radius 3 is 2.42 bits per heavy atom. The number of nitrogens with zero attached hydrogens (tertiary/aromatic N) is 1. The van der Waals surface area contributed by atoms with Crippen LogP contribution < -0.4 is 5.32 Å². The van der Waals surface area contributed by atoms with Crippen molar-refractivity contribution in [3.05, 3.63) is 34.9 Å². The van der Waals surface area contributed by atoms with Crippen molar-refractivity contribution in [1.29, 1.82) is 5.26 Å². The van der Waals surface area contributed by atoms with Gasteiger partial charge in [-0.25, -0.2) is 0 Å². The maximum atomic E-state index is 9.58. The molecule has 2 nitrogen and oxygen atoms in total. The monoisotopic (exact) mass is 256 g/mol. The van der Waals surface area contributed by atoms with Crippen LogP contribution in [0.3, 0.4) is 0 Å². The third-order valence-electron chi connectivity index (χ3n) is 4.59. The normalized spacial score (nSPS) is 18.7. The molecule has 2 rings (SSSR count). The van der Waals surface area contributed by atoms with Crippen molar-refractivity contribution >= 4 is 0 Å². The molecule has 2 heteroatoms. The van der Waals surface area contributed by atoms with Gasteiger partial charge in [-0.1, -0.05) is 38.5 Å². The fourth-order valence-corrected chi connectivity index (χ4v) is 3.08. The molecule has 0 amide bonds. The minimum Gasteiger partial charge on any atom is -0.312 e. The molecule has 0 spiro atoms. The minimum absolute atomic E-state index is 0.157. The van der Waals surface area contributed by atoms with Crippen LogP contribution >= 0.6 is 0 Å². The Morgan fingerprint density at radius 1 is 1.32 bits per heavy atom. The van der Waals surface area contributed by atoms with E-state index in [-0.39, 0.29) is 11.5 Å². The Hall–Kier alpha value is -1.33. The molecule has 1 N–H and O–H groups in total. The standard InChI is InChI=1S/C17H24N2/c1-12(2)14-7-6-13(3)15(10-14)16(19-4)17(11-18)8-5-9-17/h6-7,10,12,16,19H,5,8-9H2,1-4H3. The van der Waals surface area contributed by atoms with Gasteiger partial charge >= 0.3 is 0 Å². The Morgan fingerprint density at radius 2 is 2.00 bits per heavy atom. The molecule has 1 aliphatic rings.